The van der Waals surface area contributed by atoms with Gasteiger partial charge in [-0.15, -0.1) is 0 Å². The molecule has 6 heteroatoms. The molecule has 1 aliphatic heterocycles. The molecule has 1 saturated heterocycles. The van der Waals surface area contributed by atoms with Gasteiger partial charge in [-0.05, 0) is 24.5 Å². The van der Waals surface area contributed by atoms with Crippen molar-refractivity contribution in [3.8, 4) is 0 Å². The summed E-state index contributed by atoms with van der Waals surface area (Å²) in [6.45, 7) is 0.168. The minimum absolute atomic E-state index is 0.152. The van der Waals surface area contributed by atoms with Crippen molar-refractivity contribution in [3.05, 3.63) is 0 Å². The van der Waals surface area contributed by atoms with Gasteiger partial charge in [-0.2, -0.15) is 24.9 Å². The van der Waals surface area contributed by atoms with Crippen LogP contribution in [-0.4, -0.2) is 36.6 Å². The van der Waals surface area contributed by atoms with E-state index in [4.69, 9.17) is 0 Å². The number of halogens is 3. The fraction of sp³-hybridized carbons (Fsp3) is 1.00. The van der Waals surface area contributed by atoms with E-state index in [1.54, 1.807) is 11.8 Å². The Morgan fingerprint density at radius 2 is 2.00 bits per heavy atom. The molecule has 1 heterocycles. The van der Waals surface area contributed by atoms with Gasteiger partial charge in [-0.25, -0.2) is 0 Å². The average Bonchev–Trinajstić information content (AvgIpc) is 2.80. The molecule has 2 aliphatic rings. The lowest BCUT2D eigenvalue weighted by Crippen LogP contribution is -2.42. The first-order chi connectivity index (χ1) is 7.05. The maximum absolute atomic E-state index is 12.2. The van der Waals surface area contributed by atoms with E-state index in [9.17, 15) is 13.2 Å². The number of hydrogen-bond donors (Lipinski definition) is 1. The molecule has 1 N–H and O–H groups in total. The minimum Gasteiger partial charge on any atom is -0.352 e. The summed E-state index contributed by atoms with van der Waals surface area (Å²) in [5, 5.41) is 2.46. The zero-order chi connectivity index (χ0) is 10.9. The van der Waals surface area contributed by atoms with Gasteiger partial charge in [0, 0.05) is 11.8 Å². The van der Waals surface area contributed by atoms with Crippen LogP contribution in [0, 0.1) is 5.92 Å². The molecule has 15 heavy (non-hydrogen) atoms. The molecule has 2 rings (SSSR count). The van der Waals surface area contributed by atoms with Crippen LogP contribution in [0.15, 0.2) is 0 Å². The van der Waals surface area contributed by atoms with Crippen LogP contribution in [0.4, 0.5) is 13.2 Å². The lowest BCUT2D eigenvalue weighted by atomic mass is 10.4. The zero-order valence-corrected chi connectivity index (χ0v) is 9.03. The van der Waals surface area contributed by atoms with E-state index in [-0.39, 0.29) is 12.6 Å². The third-order valence-corrected chi connectivity index (χ3v) is 3.86. The maximum atomic E-state index is 12.2. The fourth-order valence-corrected chi connectivity index (χ4v) is 2.75. The van der Waals surface area contributed by atoms with Gasteiger partial charge in [-0.1, -0.05) is 0 Å². The first-order valence-corrected chi connectivity index (χ1v) is 6.23. The number of rotatable bonds is 4. The standard InChI is InChI=1S/C9H14F3NOS/c10-9(11,12)8-13-7(3-14-8)5-15-4-6-1-2-6/h6-8,13H,1-5H2. The summed E-state index contributed by atoms with van der Waals surface area (Å²) in [7, 11) is 0. The first kappa shape index (κ1) is 11.5. The average molecular weight is 241 g/mol. The molecule has 2 atom stereocenters. The topological polar surface area (TPSA) is 21.3 Å². The second kappa shape index (κ2) is 4.51. The third-order valence-electron chi connectivity index (χ3n) is 2.52. The molecule has 2 nitrogen and oxygen atoms in total. The van der Waals surface area contributed by atoms with Gasteiger partial charge >= 0.3 is 6.18 Å². The Balaban J connectivity index is 1.63. The van der Waals surface area contributed by atoms with Gasteiger partial charge < -0.3 is 4.74 Å². The molecule has 0 radical (unpaired) electrons. The van der Waals surface area contributed by atoms with Gasteiger partial charge in [-0.3, -0.25) is 5.32 Å². The molecule has 88 valence electrons. The van der Waals surface area contributed by atoms with Crippen molar-refractivity contribution in [1.29, 1.82) is 0 Å². The van der Waals surface area contributed by atoms with Crippen molar-refractivity contribution >= 4 is 11.8 Å². The Morgan fingerprint density at radius 3 is 2.53 bits per heavy atom. The molecular formula is C9H14F3NOS. The molecule has 0 aromatic heterocycles. The Kier molecular flexibility index (Phi) is 3.47. The second-order valence-electron chi connectivity index (χ2n) is 4.10. The molecular weight excluding hydrogens is 227 g/mol. The van der Waals surface area contributed by atoms with Gasteiger partial charge in [0.2, 0.25) is 6.23 Å². The van der Waals surface area contributed by atoms with Gasteiger partial charge in [0.1, 0.15) is 0 Å². The largest absolute Gasteiger partial charge is 0.428 e. The monoisotopic (exact) mass is 241 g/mol. The first-order valence-electron chi connectivity index (χ1n) is 5.08. The summed E-state index contributed by atoms with van der Waals surface area (Å²) in [5.74, 6) is 2.61. The molecule has 0 aromatic rings. The summed E-state index contributed by atoms with van der Waals surface area (Å²) in [6, 6.07) is -0.152. The number of hydrogen-bond acceptors (Lipinski definition) is 3. The summed E-state index contributed by atoms with van der Waals surface area (Å²) < 4.78 is 41.3. The predicted molar refractivity (Wildman–Crippen MR) is 52.8 cm³/mol. The van der Waals surface area contributed by atoms with E-state index in [0.29, 0.717) is 5.75 Å². The summed E-state index contributed by atoms with van der Waals surface area (Å²) in [4.78, 5) is 0. The van der Waals surface area contributed by atoms with Crippen LogP contribution in [0.1, 0.15) is 12.8 Å². The van der Waals surface area contributed by atoms with Crippen molar-refractivity contribution in [2.24, 2.45) is 5.92 Å². The molecule has 2 unspecified atom stereocenters. The highest BCUT2D eigenvalue weighted by atomic mass is 32.2. The molecule has 0 spiro atoms. The van der Waals surface area contributed by atoms with Gasteiger partial charge in [0.05, 0.1) is 6.61 Å². The lowest BCUT2D eigenvalue weighted by molar-refractivity contribution is -0.212. The second-order valence-corrected chi connectivity index (χ2v) is 5.17. The van der Waals surface area contributed by atoms with Crippen molar-refractivity contribution < 1.29 is 17.9 Å². The molecule has 1 saturated carbocycles. The molecule has 0 aromatic carbocycles. The normalized spacial score (nSPS) is 32.2. The molecule has 0 amide bonds. The zero-order valence-electron chi connectivity index (χ0n) is 8.22. The van der Waals surface area contributed by atoms with Crippen LogP contribution >= 0.6 is 11.8 Å². The Labute approximate surface area is 90.9 Å². The summed E-state index contributed by atoms with van der Waals surface area (Å²) in [5.41, 5.74) is 0. The Bertz CT molecular complexity index is 220. The quantitative estimate of drug-likeness (QED) is 0.813. The lowest BCUT2D eigenvalue weighted by Gasteiger charge is -2.14. The van der Waals surface area contributed by atoms with Crippen molar-refractivity contribution in [2.45, 2.75) is 31.3 Å². The number of ether oxygens (including phenoxy) is 1. The van der Waals surface area contributed by atoms with Crippen LogP contribution in [0.5, 0.6) is 0 Å². The SMILES string of the molecule is FC(F)(F)C1NC(CSCC2CC2)CO1. The van der Waals surface area contributed by atoms with Crippen LogP contribution < -0.4 is 5.32 Å². The van der Waals surface area contributed by atoms with Crippen LogP contribution in [0.3, 0.4) is 0 Å². The summed E-state index contributed by atoms with van der Waals surface area (Å²) in [6.07, 6.45) is -3.47. The van der Waals surface area contributed by atoms with Gasteiger partial charge in [0.15, 0.2) is 0 Å². The molecule has 1 aliphatic carbocycles. The van der Waals surface area contributed by atoms with E-state index >= 15 is 0 Å². The Hall–Kier alpha value is 0.0600. The molecule has 2 fully saturated rings. The van der Waals surface area contributed by atoms with Crippen LogP contribution in [0.25, 0.3) is 0 Å². The van der Waals surface area contributed by atoms with Crippen molar-refractivity contribution in [1.82, 2.24) is 5.32 Å². The van der Waals surface area contributed by atoms with Gasteiger partial charge in [0.25, 0.3) is 0 Å². The summed E-state index contributed by atoms with van der Waals surface area (Å²) >= 11 is 1.72. The van der Waals surface area contributed by atoms with Crippen LogP contribution in [-0.2, 0) is 4.74 Å². The number of thioether (sulfide) groups is 1. The third kappa shape index (κ3) is 3.53. The van der Waals surface area contributed by atoms with Crippen molar-refractivity contribution in [2.75, 3.05) is 18.1 Å². The number of alkyl halides is 3. The Morgan fingerprint density at radius 1 is 1.27 bits per heavy atom. The van der Waals surface area contributed by atoms with E-state index in [0.717, 1.165) is 11.7 Å². The highest BCUT2D eigenvalue weighted by Crippen LogP contribution is 2.33. The predicted octanol–water partition coefficient (Wildman–Crippen LogP) is 2.01. The van der Waals surface area contributed by atoms with E-state index < -0.39 is 12.4 Å². The minimum atomic E-state index is -4.28. The van der Waals surface area contributed by atoms with Crippen LogP contribution in [0.2, 0.25) is 0 Å². The van der Waals surface area contributed by atoms with E-state index in [1.165, 1.54) is 12.8 Å². The highest BCUT2D eigenvalue weighted by Gasteiger charge is 2.45. The molecule has 0 bridgehead atoms. The highest BCUT2D eigenvalue weighted by molar-refractivity contribution is 7.99. The fourth-order valence-electron chi connectivity index (χ4n) is 1.47. The maximum Gasteiger partial charge on any atom is 0.428 e. The van der Waals surface area contributed by atoms with Crippen molar-refractivity contribution in [3.63, 3.8) is 0 Å². The smallest absolute Gasteiger partial charge is 0.352 e. The van der Waals surface area contributed by atoms with E-state index in [1.807, 2.05) is 0 Å². The number of nitrogens with one attached hydrogen (secondary N) is 1. The van der Waals surface area contributed by atoms with E-state index in [2.05, 4.69) is 10.1 Å².